The van der Waals surface area contributed by atoms with Gasteiger partial charge in [0.15, 0.2) is 0 Å². The predicted molar refractivity (Wildman–Crippen MR) is 86.9 cm³/mol. The fourth-order valence-corrected chi connectivity index (χ4v) is 1.76. The molecule has 0 spiro atoms. The van der Waals surface area contributed by atoms with Crippen molar-refractivity contribution in [3.8, 4) is 0 Å². The molecule has 1 atom stereocenters. The lowest BCUT2D eigenvalue weighted by Crippen LogP contribution is -2.39. The van der Waals surface area contributed by atoms with Crippen LogP contribution in [-0.2, 0) is 20.7 Å². The fraction of sp³-hybridized carbons (Fsp3) is 0.471. The number of alkyl carbamates (subject to hydrolysis) is 1. The topological polar surface area (TPSA) is 77.5 Å². The summed E-state index contributed by atoms with van der Waals surface area (Å²) in [6, 6.07) is 5.10. The van der Waals surface area contributed by atoms with Crippen LogP contribution in [-0.4, -0.2) is 35.3 Å². The zero-order valence-corrected chi connectivity index (χ0v) is 14.0. The molecule has 0 aliphatic carbocycles. The number of carbonyl (C=O) groups excluding carboxylic acids is 2. The third-order valence-electron chi connectivity index (χ3n) is 2.61. The highest BCUT2D eigenvalue weighted by atomic mass is 16.6. The van der Waals surface area contributed by atoms with Crippen LogP contribution in [0.1, 0.15) is 33.4 Å². The molecule has 0 unspecified atom stereocenters. The number of hydrogen-bond donors (Lipinski definition) is 1. The summed E-state index contributed by atoms with van der Waals surface area (Å²) in [7, 11) is 0. The van der Waals surface area contributed by atoms with Gasteiger partial charge < -0.3 is 14.8 Å². The number of rotatable bonds is 6. The molecule has 1 heterocycles. The second-order valence-corrected chi connectivity index (χ2v) is 5.89. The molecule has 0 saturated heterocycles. The molecule has 1 aromatic rings. The standard InChI is InChI=1S/C17H24N2O4/c1-5-22-15(20)10-9-14(12-13-8-6-7-11-18-13)19-16(21)23-17(2,3)4/h6-11,14H,5,12H2,1-4H3,(H,19,21)/b10-9+/t14-/m0/s1. The number of esters is 1. The van der Waals surface area contributed by atoms with Crippen LogP contribution >= 0.6 is 0 Å². The summed E-state index contributed by atoms with van der Waals surface area (Å²) in [6.07, 6.45) is 4.45. The van der Waals surface area contributed by atoms with Crippen LogP contribution in [0.15, 0.2) is 36.5 Å². The summed E-state index contributed by atoms with van der Waals surface area (Å²) in [5, 5.41) is 2.72. The van der Waals surface area contributed by atoms with E-state index in [-0.39, 0.29) is 0 Å². The van der Waals surface area contributed by atoms with Crippen molar-refractivity contribution in [2.75, 3.05) is 6.61 Å². The molecule has 0 aliphatic heterocycles. The number of ether oxygens (including phenoxy) is 2. The molecule has 1 aromatic heterocycles. The summed E-state index contributed by atoms with van der Waals surface area (Å²) in [4.78, 5) is 27.6. The zero-order chi connectivity index (χ0) is 17.3. The maximum atomic E-state index is 11.9. The van der Waals surface area contributed by atoms with E-state index in [1.54, 1.807) is 40.0 Å². The molecule has 0 aliphatic rings. The third kappa shape index (κ3) is 8.60. The molecule has 0 radical (unpaired) electrons. The van der Waals surface area contributed by atoms with Gasteiger partial charge in [-0.15, -0.1) is 0 Å². The highest BCUT2D eigenvalue weighted by Crippen LogP contribution is 2.08. The van der Waals surface area contributed by atoms with Gasteiger partial charge in [-0.05, 0) is 39.8 Å². The molecule has 0 fully saturated rings. The van der Waals surface area contributed by atoms with Gasteiger partial charge in [0, 0.05) is 24.4 Å². The monoisotopic (exact) mass is 320 g/mol. The Bertz CT molecular complexity index is 535. The Balaban J connectivity index is 2.75. The Kier molecular flexibility index (Phi) is 7.25. The SMILES string of the molecule is CCOC(=O)/C=C/[C@@H](Cc1ccccn1)NC(=O)OC(C)(C)C. The maximum absolute atomic E-state index is 11.9. The summed E-state index contributed by atoms with van der Waals surface area (Å²) in [5.74, 6) is -0.454. The lowest BCUT2D eigenvalue weighted by atomic mass is 10.1. The largest absolute Gasteiger partial charge is 0.463 e. The molecule has 23 heavy (non-hydrogen) atoms. The summed E-state index contributed by atoms with van der Waals surface area (Å²) < 4.78 is 10.1. The third-order valence-corrected chi connectivity index (χ3v) is 2.61. The lowest BCUT2D eigenvalue weighted by molar-refractivity contribution is -0.137. The molecular weight excluding hydrogens is 296 g/mol. The van der Waals surface area contributed by atoms with Crippen molar-refractivity contribution in [3.63, 3.8) is 0 Å². The first-order chi connectivity index (χ1) is 10.8. The van der Waals surface area contributed by atoms with Gasteiger partial charge in [-0.2, -0.15) is 0 Å². The van der Waals surface area contributed by atoms with E-state index in [0.29, 0.717) is 13.0 Å². The van der Waals surface area contributed by atoms with Crippen LogP contribution in [0.2, 0.25) is 0 Å². The number of nitrogens with one attached hydrogen (secondary N) is 1. The van der Waals surface area contributed by atoms with Crippen LogP contribution in [0.25, 0.3) is 0 Å². The van der Waals surface area contributed by atoms with Gasteiger partial charge in [-0.25, -0.2) is 9.59 Å². The predicted octanol–water partition coefficient (Wildman–Crippen LogP) is 2.64. The first-order valence-corrected chi connectivity index (χ1v) is 7.54. The molecule has 126 valence electrons. The van der Waals surface area contributed by atoms with Gasteiger partial charge in [0.2, 0.25) is 0 Å². The Labute approximate surface area is 136 Å². The Morgan fingerprint density at radius 2 is 2.09 bits per heavy atom. The molecule has 0 aromatic carbocycles. The van der Waals surface area contributed by atoms with Crippen molar-refractivity contribution in [1.82, 2.24) is 10.3 Å². The van der Waals surface area contributed by atoms with Crippen LogP contribution in [0.3, 0.4) is 0 Å². The fourth-order valence-electron chi connectivity index (χ4n) is 1.76. The number of hydrogen-bond acceptors (Lipinski definition) is 5. The van der Waals surface area contributed by atoms with Gasteiger partial charge in [0.1, 0.15) is 5.60 Å². The summed E-state index contributed by atoms with van der Waals surface area (Å²) in [5.41, 5.74) is 0.201. The highest BCUT2D eigenvalue weighted by Gasteiger charge is 2.19. The van der Waals surface area contributed by atoms with Gasteiger partial charge in [-0.1, -0.05) is 12.1 Å². The number of nitrogens with zero attached hydrogens (tertiary/aromatic N) is 1. The minimum atomic E-state index is -0.593. The minimum Gasteiger partial charge on any atom is -0.463 e. The molecule has 6 nitrogen and oxygen atoms in total. The number of amides is 1. The van der Waals surface area contributed by atoms with Crippen molar-refractivity contribution in [1.29, 1.82) is 0 Å². The van der Waals surface area contributed by atoms with E-state index < -0.39 is 23.7 Å². The molecule has 1 N–H and O–H groups in total. The zero-order valence-electron chi connectivity index (χ0n) is 14.0. The number of carbonyl (C=O) groups is 2. The van der Waals surface area contributed by atoms with E-state index in [9.17, 15) is 9.59 Å². The van der Waals surface area contributed by atoms with Crippen molar-refractivity contribution in [2.45, 2.75) is 45.8 Å². The summed E-state index contributed by atoms with van der Waals surface area (Å²) >= 11 is 0. The van der Waals surface area contributed by atoms with Crippen molar-refractivity contribution < 1.29 is 19.1 Å². The van der Waals surface area contributed by atoms with Gasteiger partial charge in [0.25, 0.3) is 0 Å². The second kappa shape index (κ2) is 8.92. The maximum Gasteiger partial charge on any atom is 0.408 e. The van der Waals surface area contributed by atoms with Crippen molar-refractivity contribution in [2.24, 2.45) is 0 Å². The number of aromatic nitrogens is 1. The number of pyridine rings is 1. The van der Waals surface area contributed by atoms with E-state index in [2.05, 4.69) is 10.3 Å². The highest BCUT2D eigenvalue weighted by molar-refractivity contribution is 5.82. The van der Waals surface area contributed by atoms with E-state index >= 15 is 0 Å². The molecule has 0 saturated carbocycles. The van der Waals surface area contributed by atoms with Crippen LogP contribution in [0.4, 0.5) is 4.79 Å². The van der Waals surface area contributed by atoms with E-state index in [4.69, 9.17) is 9.47 Å². The van der Waals surface area contributed by atoms with Crippen LogP contribution in [0, 0.1) is 0 Å². The van der Waals surface area contributed by atoms with E-state index in [1.807, 2.05) is 18.2 Å². The molecule has 1 amide bonds. The average Bonchev–Trinajstić information content (AvgIpc) is 2.44. The Morgan fingerprint density at radius 3 is 2.65 bits per heavy atom. The summed E-state index contributed by atoms with van der Waals surface area (Å²) in [6.45, 7) is 7.39. The molecule has 1 rings (SSSR count). The van der Waals surface area contributed by atoms with Crippen LogP contribution < -0.4 is 5.32 Å². The smallest absolute Gasteiger partial charge is 0.408 e. The minimum absolute atomic E-state index is 0.299. The molecular formula is C17H24N2O4. The van der Waals surface area contributed by atoms with Gasteiger partial charge >= 0.3 is 12.1 Å². The first kappa shape index (κ1) is 18.7. The van der Waals surface area contributed by atoms with Crippen LogP contribution in [0.5, 0.6) is 0 Å². The van der Waals surface area contributed by atoms with Crippen molar-refractivity contribution >= 4 is 12.1 Å². The molecule has 6 heteroatoms. The van der Waals surface area contributed by atoms with Crippen molar-refractivity contribution in [3.05, 3.63) is 42.2 Å². The quantitative estimate of drug-likeness (QED) is 0.644. The lowest BCUT2D eigenvalue weighted by Gasteiger charge is -2.22. The first-order valence-electron chi connectivity index (χ1n) is 7.54. The second-order valence-electron chi connectivity index (χ2n) is 5.89. The van der Waals surface area contributed by atoms with E-state index in [1.165, 1.54) is 6.08 Å². The average molecular weight is 320 g/mol. The Morgan fingerprint density at radius 1 is 1.35 bits per heavy atom. The van der Waals surface area contributed by atoms with E-state index in [0.717, 1.165) is 5.69 Å². The molecule has 0 bridgehead atoms. The normalized spacial score (nSPS) is 12.7. The van der Waals surface area contributed by atoms with Gasteiger partial charge in [0.05, 0.1) is 12.6 Å². The Hall–Kier alpha value is -2.37. The van der Waals surface area contributed by atoms with Gasteiger partial charge in [-0.3, -0.25) is 4.98 Å².